The van der Waals surface area contributed by atoms with Crippen molar-refractivity contribution in [2.45, 2.75) is 19.4 Å². The molecule has 6 nitrogen and oxygen atoms in total. The van der Waals surface area contributed by atoms with Crippen molar-refractivity contribution in [3.05, 3.63) is 12.0 Å². The molecule has 0 radical (unpaired) electrons. The van der Waals surface area contributed by atoms with Crippen molar-refractivity contribution < 1.29 is 13.9 Å². The van der Waals surface area contributed by atoms with E-state index in [4.69, 9.17) is 9.47 Å². The van der Waals surface area contributed by atoms with Crippen molar-refractivity contribution in [3.8, 4) is 0 Å². The van der Waals surface area contributed by atoms with E-state index in [2.05, 4.69) is 20.6 Å². The molecule has 0 spiro atoms. The van der Waals surface area contributed by atoms with E-state index in [9.17, 15) is 4.39 Å². The van der Waals surface area contributed by atoms with Gasteiger partial charge in [0.05, 0.1) is 18.9 Å². The number of methoxy groups -OCH3 is 2. The molecular formula is C12H21FN4O2. The molecule has 0 bridgehead atoms. The van der Waals surface area contributed by atoms with Crippen LogP contribution in [-0.2, 0) is 9.47 Å². The molecular weight excluding hydrogens is 251 g/mol. The summed E-state index contributed by atoms with van der Waals surface area (Å²) in [6.45, 7) is 3.61. The lowest BCUT2D eigenvalue weighted by Crippen LogP contribution is -2.27. The molecule has 0 saturated heterocycles. The standard InChI is InChI=1S/C12H21FN4O2/c1-4-5-14-12-16-7-10(13)11(17-12)15-6-9(19-3)8-18-2/h7,9H,4-6,8H2,1-3H3,(H2,14,15,16,17). The zero-order chi connectivity index (χ0) is 14.1. The van der Waals surface area contributed by atoms with Crippen LogP contribution >= 0.6 is 0 Å². The molecule has 1 atom stereocenters. The Balaban J connectivity index is 2.60. The number of anilines is 2. The van der Waals surface area contributed by atoms with Crippen LogP contribution in [0.3, 0.4) is 0 Å². The van der Waals surface area contributed by atoms with Crippen LogP contribution in [0.2, 0.25) is 0 Å². The van der Waals surface area contributed by atoms with Gasteiger partial charge >= 0.3 is 0 Å². The second-order valence-electron chi connectivity index (χ2n) is 4.01. The minimum absolute atomic E-state index is 0.159. The van der Waals surface area contributed by atoms with Crippen molar-refractivity contribution in [2.75, 3.05) is 44.5 Å². The Bertz CT molecular complexity index is 379. The highest BCUT2D eigenvalue weighted by Crippen LogP contribution is 2.12. The lowest BCUT2D eigenvalue weighted by atomic mass is 10.3. The van der Waals surface area contributed by atoms with E-state index in [0.29, 0.717) is 19.1 Å². The second kappa shape index (κ2) is 8.60. The lowest BCUT2D eigenvalue weighted by Gasteiger charge is -2.16. The van der Waals surface area contributed by atoms with Crippen LogP contribution in [0.4, 0.5) is 16.2 Å². The highest BCUT2D eigenvalue weighted by atomic mass is 19.1. The van der Waals surface area contributed by atoms with Gasteiger partial charge in [0, 0.05) is 27.3 Å². The number of hydrogen-bond donors (Lipinski definition) is 2. The van der Waals surface area contributed by atoms with Crippen molar-refractivity contribution in [2.24, 2.45) is 0 Å². The Morgan fingerprint density at radius 1 is 1.37 bits per heavy atom. The van der Waals surface area contributed by atoms with Gasteiger partial charge in [0.25, 0.3) is 0 Å². The Hall–Kier alpha value is -1.47. The number of hydrogen-bond acceptors (Lipinski definition) is 6. The summed E-state index contributed by atoms with van der Waals surface area (Å²) in [5, 5.41) is 5.90. The van der Waals surface area contributed by atoms with Gasteiger partial charge in [0.1, 0.15) is 0 Å². The fourth-order valence-corrected chi connectivity index (χ4v) is 1.42. The summed E-state index contributed by atoms with van der Waals surface area (Å²) >= 11 is 0. The number of rotatable bonds is 9. The molecule has 0 aliphatic heterocycles. The maximum Gasteiger partial charge on any atom is 0.224 e. The molecule has 1 rings (SSSR count). The molecule has 1 aromatic rings. The Morgan fingerprint density at radius 2 is 2.16 bits per heavy atom. The van der Waals surface area contributed by atoms with Gasteiger partial charge in [-0.2, -0.15) is 4.98 Å². The van der Waals surface area contributed by atoms with E-state index in [1.165, 1.54) is 0 Å². The normalized spacial score (nSPS) is 12.2. The van der Waals surface area contributed by atoms with Crippen molar-refractivity contribution >= 4 is 11.8 Å². The topological polar surface area (TPSA) is 68.3 Å². The van der Waals surface area contributed by atoms with Crippen LogP contribution in [0.25, 0.3) is 0 Å². The summed E-state index contributed by atoms with van der Waals surface area (Å²) in [5.41, 5.74) is 0. The average molecular weight is 272 g/mol. The van der Waals surface area contributed by atoms with Crippen molar-refractivity contribution in [3.63, 3.8) is 0 Å². The van der Waals surface area contributed by atoms with Crippen LogP contribution < -0.4 is 10.6 Å². The maximum absolute atomic E-state index is 13.5. The average Bonchev–Trinajstić information content (AvgIpc) is 2.43. The van der Waals surface area contributed by atoms with E-state index in [-0.39, 0.29) is 11.9 Å². The summed E-state index contributed by atoms with van der Waals surface area (Å²) in [6, 6.07) is 0. The van der Waals surface area contributed by atoms with Gasteiger partial charge in [-0.1, -0.05) is 6.92 Å². The van der Waals surface area contributed by atoms with Crippen molar-refractivity contribution in [1.82, 2.24) is 9.97 Å². The Kier molecular flexibility index (Phi) is 7.06. The van der Waals surface area contributed by atoms with Crippen LogP contribution in [0.1, 0.15) is 13.3 Å². The van der Waals surface area contributed by atoms with E-state index in [1.807, 2.05) is 6.92 Å². The smallest absolute Gasteiger partial charge is 0.224 e. The summed E-state index contributed by atoms with van der Waals surface area (Å²) in [6.07, 6.45) is 1.93. The molecule has 108 valence electrons. The number of halogens is 1. The Morgan fingerprint density at radius 3 is 2.79 bits per heavy atom. The fraction of sp³-hybridized carbons (Fsp3) is 0.667. The summed E-state index contributed by atoms with van der Waals surface area (Å²) < 4.78 is 23.7. The zero-order valence-corrected chi connectivity index (χ0v) is 11.6. The molecule has 1 aromatic heterocycles. The molecule has 2 N–H and O–H groups in total. The monoisotopic (exact) mass is 272 g/mol. The predicted molar refractivity (Wildman–Crippen MR) is 71.9 cm³/mol. The van der Waals surface area contributed by atoms with E-state index < -0.39 is 5.82 Å². The van der Waals surface area contributed by atoms with E-state index in [1.54, 1.807) is 14.2 Å². The van der Waals surface area contributed by atoms with Gasteiger partial charge in [0.2, 0.25) is 5.95 Å². The van der Waals surface area contributed by atoms with Crippen LogP contribution in [-0.4, -0.2) is 50.0 Å². The third-order valence-corrected chi connectivity index (χ3v) is 2.46. The molecule has 0 aliphatic carbocycles. The third-order valence-electron chi connectivity index (χ3n) is 2.46. The van der Waals surface area contributed by atoms with E-state index >= 15 is 0 Å². The molecule has 0 amide bonds. The summed E-state index contributed by atoms with van der Waals surface area (Å²) in [4.78, 5) is 7.94. The molecule has 19 heavy (non-hydrogen) atoms. The molecule has 0 saturated carbocycles. The number of nitrogens with one attached hydrogen (secondary N) is 2. The number of aromatic nitrogens is 2. The number of nitrogens with zero attached hydrogens (tertiary/aromatic N) is 2. The first-order valence-corrected chi connectivity index (χ1v) is 6.23. The third kappa shape index (κ3) is 5.35. The summed E-state index contributed by atoms with van der Waals surface area (Å²) in [7, 11) is 3.17. The highest BCUT2D eigenvalue weighted by Gasteiger charge is 2.10. The van der Waals surface area contributed by atoms with Gasteiger partial charge in [-0.15, -0.1) is 0 Å². The first kappa shape index (κ1) is 15.6. The van der Waals surface area contributed by atoms with Gasteiger partial charge < -0.3 is 20.1 Å². The summed E-state index contributed by atoms with van der Waals surface area (Å²) in [5.74, 6) is 0.0764. The first-order valence-electron chi connectivity index (χ1n) is 6.23. The molecule has 0 aliphatic rings. The van der Waals surface area contributed by atoms with Crippen molar-refractivity contribution in [1.29, 1.82) is 0 Å². The molecule has 0 fully saturated rings. The second-order valence-corrected chi connectivity index (χ2v) is 4.01. The number of ether oxygens (including phenoxy) is 2. The maximum atomic E-state index is 13.5. The van der Waals surface area contributed by atoms with Gasteiger partial charge in [-0.25, -0.2) is 9.37 Å². The predicted octanol–water partition coefficient (Wildman–Crippen LogP) is 1.51. The lowest BCUT2D eigenvalue weighted by molar-refractivity contribution is 0.0365. The van der Waals surface area contributed by atoms with Gasteiger partial charge in [0.15, 0.2) is 11.6 Å². The van der Waals surface area contributed by atoms with Gasteiger partial charge in [-0.05, 0) is 6.42 Å². The van der Waals surface area contributed by atoms with Gasteiger partial charge in [-0.3, -0.25) is 0 Å². The zero-order valence-electron chi connectivity index (χ0n) is 11.6. The highest BCUT2D eigenvalue weighted by molar-refractivity contribution is 5.41. The largest absolute Gasteiger partial charge is 0.382 e. The Labute approximate surface area is 112 Å². The van der Waals surface area contributed by atoms with Crippen LogP contribution in [0, 0.1) is 5.82 Å². The van der Waals surface area contributed by atoms with E-state index in [0.717, 1.165) is 19.2 Å². The molecule has 7 heteroatoms. The SMILES string of the molecule is CCCNc1ncc(F)c(NCC(COC)OC)n1. The van der Waals surface area contributed by atoms with Crippen LogP contribution in [0.5, 0.6) is 0 Å². The molecule has 0 aromatic carbocycles. The van der Waals surface area contributed by atoms with Crippen LogP contribution in [0.15, 0.2) is 6.20 Å². The molecule has 1 heterocycles. The molecule has 1 unspecified atom stereocenters. The quantitative estimate of drug-likeness (QED) is 0.710. The fourth-order valence-electron chi connectivity index (χ4n) is 1.42. The first-order chi connectivity index (χ1) is 9.21. The minimum Gasteiger partial charge on any atom is -0.382 e. The minimum atomic E-state index is -0.491.